The summed E-state index contributed by atoms with van der Waals surface area (Å²) in [5.41, 5.74) is 2.69. The van der Waals surface area contributed by atoms with Gasteiger partial charge >= 0.3 is 5.69 Å². The minimum Gasteiger partial charge on any atom is -0.351 e. The van der Waals surface area contributed by atoms with Crippen LogP contribution in [0.5, 0.6) is 0 Å². The third-order valence-corrected chi connectivity index (χ3v) is 7.17. The topological polar surface area (TPSA) is 78.6 Å². The summed E-state index contributed by atoms with van der Waals surface area (Å²) >= 11 is 0. The maximum absolute atomic E-state index is 12.2. The molecular weight excluding hydrogens is 440 g/mol. The number of piperidine rings is 1. The molecule has 0 amide bonds. The van der Waals surface area contributed by atoms with Gasteiger partial charge in [0.1, 0.15) is 6.33 Å². The van der Waals surface area contributed by atoms with Crippen molar-refractivity contribution in [3.8, 4) is 0 Å². The summed E-state index contributed by atoms with van der Waals surface area (Å²) in [6.45, 7) is 5.56. The Labute approximate surface area is 206 Å². The summed E-state index contributed by atoms with van der Waals surface area (Å²) in [5, 5.41) is 12.2. The second-order valence-electron chi connectivity index (χ2n) is 9.50. The second kappa shape index (κ2) is 10.8. The number of anilines is 2. The number of hydrogen-bond acceptors (Lipinski definition) is 7. The first kappa shape index (κ1) is 23.2. The normalized spacial score (nSPS) is 17.5. The number of nitrogens with zero attached hydrogens (tertiary/aromatic N) is 6. The van der Waals surface area contributed by atoms with E-state index in [1.165, 1.54) is 17.5 Å². The lowest BCUT2D eigenvalue weighted by molar-refractivity contribution is -0.383. The van der Waals surface area contributed by atoms with Crippen molar-refractivity contribution in [2.24, 2.45) is 5.92 Å². The highest BCUT2D eigenvalue weighted by atomic mass is 16.6. The van der Waals surface area contributed by atoms with E-state index >= 15 is 0 Å². The molecule has 0 N–H and O–H groups in total. The summed E-state index contributed by atoms with van der Waals surface area (Å²) in [6, 6.07) is 21.0. The number of hydrogen-bond donors (Lipinski definition) is 0. The molecule has 2 aromatic carbocycles. The highest BCUT2D eigenvalue weighted by molar-refractivity contribution is 5.71. The molecule has 2 fully saturated rings. The molecule has 0 aliphatic carbocycles. The zero-order valence-corrected chi connectivity index (χ0v) is 20.0. The largest absolute Gasteiger partial charge is 0.353 e. The van der Waals surface area contributed by atoms with Crippen LogP contribution in [0, 0.1) is 16.0 Å². The fraction of sp³-hybridized carbons (Fsp3) is 0.407. The van der Waals surface area contributed by atoms with Crippen LogP contribution in [0.15, 0.2) is 67.0 Å². The Kier molecular flexibility index (Phi) is 7.18. The summed E-state index contributed by atoms with van der Waals surface area (Å²) in [4.78, 5) is 27.2. The molecule has 0 bridgehead atoms. The molecule has 1 aromatic heterocycles. The Hall–Kier alpha value is -3.52. The molecule has 0 saturated carbocycles. The summed E-state index contributed by atoms with van der Waals surface area (Å²) in [5.74, 6) is 1.50. The molecule has 8 nitrogen and oxygen atoms in total. The van der Waals surface area contributed by atoms with E-state index < -0.39 is 0 Å². The van der Waals surface area contributed by atoms with Crippen LogP contribution in [0.2, 0.25) is 0 Å². The van der Waals surface area contributed by atoms with Crippen molar-refractivity contribution in [3.05, 3.63) is 88.2 Å². The number of aromatic nitrogens is 2. The van der Waals surface area contributed by atoms with Gasteiger partial charge in [0.15, 0.2) is 0 Å². The van der Waals surface area contributed by atoms with Crippen LogP contribution < -0.4 is 9.80 Å². The molecule has 3 heterocycles. The van der Waals surface area contributed by atoms with Crippen LogP contribution >= 0.6 is 0 Å². The highest BCUT2D eigenvalue weighted by Gasteiger charge is 2.33. The van der Waals surface area contributed by atoms with Gasteiger partial charge in [-0.1, -0.05) is 60.7 Å². The molecule has 3 aromatic rings. The first-order valence-electron chi connectivity index (χ1n) is 12.5. The number of rotatable bonds is 7. The van der Waals surface area contributed by atoms with E-state index in [4.69, 9.17) is 0 Å². The lowest BCUT2D eigenvalue weighted by atomic mass is 9.90. The Bertz CT molecular complexity index is 1030. The van der Waals surface area contributed by atoms with Crippen molar-refractivity contribution in [2.45, 2.75) is 25.8 Å². The van der Waals surface area contributed by atoms with Crippen molar-refractivity contribution >= 4 is 17.3 Å². The summed E-state index contributed by atoms with van der Waals surface area (Å²) in [6.07, 6.45) is 4.55. The fourth-order valence-corrected chi connectivity index (χ4v) is 5.24. The predicted molar refractivity (Wildman–Crippen MR) is 138 cm³/mol. The lowest BCUT2D eigenvalue weighted by Gasteiger charge is -2.36. The van der Waals surface area contributed by atoms with Crippen LogP contribution in [0.1, 0.15) is 24.0 Å². The van der Waals surface area contributed by atoms with Crippen LogP contribution in [-0.2, 0) is 13.0 Å². The maximum atomic E-state index is 12.2. The van der Waals surface area contributed by atoms with Crippen molar-refractivity contribution < 1.29 is 4.92 Å². The van der Waals surface area contributed by atoms with Gasteiger partial charge in [-0.3, -0.25) is 15.0 Å². The zero-order chi connectivity index (χ0) is 24.0. The van der Waals surface area contributed by atoms with Crippen LogP contribution in [0.4, 0.5) is 17.3 Å². The van der Waals surface area contributed by atoms with E-state index in [0.717, 1.165) is 52.0 Å². The van der Waals surface area contributed by atoms with E-state index in [1.807, 2.05) is 17.0 Å². The van der Waals surface area contributed by atoms with Crippen LogP contribution in [-0.4, -0.2) is 59.1 Å². The second-order valence-corrected chi connectivity index (χ2v) is 9.50. The average molecular weight is 473 g/mol. The first-order valence-corrected chi connectivity index (χ1v) is 12.5. The minimum atomic E-state index is -0.295. The van der Waals surface area contributed by atoms with Gasteiger partial charge in [0.25, 0.3) is 0 Å². The van der Waals surface area contributed by atoms with Gasteiger partial charge in [-0.05, 0) is 36.3 Å². The number of piperazine rings is 1. The summed E-state index contributed by atoms with van der Waals surface area (Å²) in [7, 11) is 0. The van der Waals surface area contributed by atoms with E-state index in [9.17, 15) is 10.1 Å². The molecule has 0 unspecified atom stereocenters. The number of nitro groups is 1. The molecule has 8 heteroatoms. The quantitative estimate of drug-likeness (QED) is 0.377. The molecular formula is C27H32N6O2. The smallest absolute Gasteiger partial charge is 0.351 e. The SMILES string of the molecule is O=[N+]([O-])c1c(N2CCC(Cc3ccccc3)CC2)ncnc1N1CCN(Cc2ccccc2)CC1. The fourth-order valence-electron chi connectivity index (χ4n) is 5.24. The van der Waals surface area contributed by atoms with Gasteiger partial charge in [-0.2, -0.15) is 0 Å². The maximum Gasteiger partial charge on any atom is 0.353 e. The van der Waals surface area contributed by atoms with Gasteiger partial charge in [0.05, 0.1) is 4.92 Å². The third kappa shape index (κ3) is 5.59. The molecule has 2 saturated heterocycles. The van der Waals surface area contributed by atoms with Gasteiger partial charge in [0, 0.05) is 45.8 Å². The highest BCUT2D eigenvalue weighted by Crippen LogP contribution is 2.36. The van der Waals surface area contributed by atoms with Crippen LogP contribution in [0.3, 0.4) is 0 Å². The molecule has 5 rings (SSSR count). The van der Waals surface area contributed by atoms with Gasteiger partial charge in [-0.15, -0.1) is 0 Å². The molecule has 182 valence electrons. The Morgan fingerprint density at radius 1 is 0.771 bits per heavy atom. The molecule has 0 atom stereocenters. The van der Waals surface area contributed by atoms with Gasteiger partial charge < -0.3 is 9.80 Å². The molecule has 2 aliphatic rings. The Balaban J connectivity index is 1.24. The Morgan fingerprint density at radius 2 is 1.31 bits per heavy atom. The zero-order valence-electron chi connectivity index (χ0n) is 20.0. The lowest BCUT2D eigenvalue weighted by Crippen LogP contribution is -2.46. The summed E-state index contributed by atoms with van der Waals surface area (Å²) < 4.78 is 0. The van der Waals surface area contributed by atoms with E-state index in [-0.39, 0.29) is 10.6 Å². The van der Waals surface area contributed by atoms with Gasteiger partial charge in [-0.25, -0.2) is 9.97 Å². The van der Waals surface area contributed by atoms with Crippen molar-refractivity contribution in [2.75, 3.05) is 49.1 Å². The Morgan fingerprint density at radius 3 is 1.89 bits per heavy atom. The minimum absolute atomic E-state index is 0.0468. The van der Waals surface area contributed by atoms with Crippen molar-refractivity contribution in [1.29, 1.82) is 0 Å². The first-order chi connectivity index (χ1) is 17.2. The monoisotopic (exact) mass is 472 g/mol. The average Bonchev–Trinajstić information content (AvgIpc) is 2.90. The van der Waals surface area contributed by atoms with E-state index in [1.54, 1.807) is 0 Å². The molecule has 0 spiro atoms. The standard InChI is InChI=1S/C27H32N6O2/c34-33(35)25-26(31-13-11-23(12-14-31)19-22-7-3-1-4-8-22)28-21-29-27(25)32-17-15-30(16-18-32)20-24-9-5-2-6-10-24/h1-10,21,23H,11-20H2. The predicted octanol–water partition coefficient (Wildman–Crippen LogP) is 4.17. The van der Waals surface area contributed by atoms with E-state index in [2.05, 4.69) is 68.3 Å². The van der Waals surface area contributed by atoms with E-state index in [0.29, 0.717) is 30.6 Å². The number of benzene rings is 2. The molecule has 2 aliphatic heterocycles. The molecule has 0 radical (unpaired) electrons. The van der Waals surface area contributed by atoms with Crippen LogP contribution in [0.25, 0.3) is 0 Å². The third-order valence-electron chi connectivity index (χ3n) is 7.17. The molecule has 35 heavy (non-hydrogen) atoms. The van der Waals surface area contributed by atoms with Crippen molar-refractivity contribution in [1.82, 2.24) is 14.9 Å². The van der Waals surface area contributed by atoms with Gasteiger partial charge in [0.2, 0.25) is 11.6 Å². The van der Waals surface area contributed by atoms with Crippen molar-refractivity contribution in [3.63, 3.8) is 0 Å².